The average molecular weight is 196 g/mol. The van der Waals surface area contributed by atoms with E-state index in [-0.39, 0.29) is 5.91 Å². The predicted molar refractivity (Wildman–Crippen MR) is 51.2 cm³/mol. The molecule has 1 amide bonds. The lowest BCUT2D eigenvalue weighted by molar-refractivity contribution is -0.137. The van der Waals surface area contributed by atoms with E-state index < -0.39 is 11.0 Å². The molecule has 1 saturated heterocycles. The van der Waals surface area contributed by atoms with Crippen LogP contribution in [0.2, 0.25) is 0 Å². The molecule has 1 aliphatic heterocycles. The van der Waals surface area contributed by atoms with E-state index in [1.807, 2.05) is 6.07 Å². The minimum atomic E-state index is -0.986. The Labute approximate surface area is 84.1 Å². The number of nitrogens with zero attached hydrogens (tertiary/aromatic N) is 2. The molecule has 78 valence electrons. The fraction of sp³-hybridized carbons (Fsp3) is 0.800. The first-order valence-corrected chi connectivity index (χ1v) is 4.71. The lowest BCUT2D eigenvalue weighted by Gasteiger charge is -2.24. The molecule has 0 bridgehead atoms. The smallest absolute Gasteiger partial charge is 0.242 e. The van der Waals surface area contributed by atoms with Crippen molar-refractivity contribution in [1.82, 2.24) is 4.90 Å². The van der Waals surface area contributed by atoms with Gasteiger partial charge in [0.2, 0.25) is 5.91 Å². The van der Waals surface area contributed by atoms with Gasteiger partial charge in [-0.25, -0.2) is 0 Å². The summed E-state index contributed by atoms with van der Waals surface area (Å²) in [4.78, 5) is 13.3. The Morgan fingerprint density at radius 3 is 2.57 bits per heavy atom. The molecule has 0 saturated carbocycles. The summed E-state index contributed by atoms with van der Waals surface area (Å²) in [6, 6.07) is 1.97. The van der Waals surface area contributed by atoms with Crippen LogP contribution in [-0.2, 0) is 4.79 Å². The number of rotatable bonds is 1. The molecule has 0 aromatic heterocycles. The van der Waals surface area contributed by atoms with Crippen molar-refractivity contribution in [3.05, 3.63) is 0 Å². The van der Waals surface area contributed by atoms with Crippen LogP contribution in [0.1, 0.15) is 27.2 Å². The molecule has 1 atom stereocenters. The Bertz CT molecular complexity index is 289. The number of hydrogen-bond acceptors (Lipinski definition) is 3. The monoisotopic (exact) mass is 196 g/mol. The summed E-state index contributed by atoms with van der Waals surface area (Å²) in [6.07, 6.45) is 0.584. The Hall–Kier alpha value is -1.08. The summed E-state index contributed by atoms with van der Waals surface area (Å²) < 4.78 is 0. The SMILES string of the molecule is CC1(O)CCN(C(=O)C(C)(C)C#N)C1. The number of carbonyl (C=O) groups is 1. The molecule has 1 unspecified atom stereocenters. The highest BCUT2D eigenvalue weighted by Gasteiger charge is 2.39. The zero-order chi connectivity index (χ0) is 11.0. The number of aliphatic hydroxyl groups is 1. The normalized spacial score (nSPS) is 27.5. The van der Waals surface area contributed by atoms with Gasteiger partial charge in [0.15, 0.2) is 0 Å². The summed E-state index contributed by atoms with van der Waals surface area (Å²) in [5, 5.41) is 18.5. The van der Waals surface area contributed by atoms with Gasteiger partial charge < -0.3 is 10.0 Å². The maximum Gasteiger partial charge on any atom is 0.242 e. The van der Waals surface area contributed by atoms with Crippen molar-refractivity contribution in [3.63, 3.8) is 0 Å². The van der Waals surface area contributed by atoms with Crippen molar-refractivity contribution in [3.8, 4) is 6.07 Å². The van der Waals surface area contributed by atoms with E-state index in [0.29, 0.717) is 19.5 Å². The van der Waals surface area contributed by atoms with Crippen molar-refractivity contribution in [1.29, 1.82) is 5.26 Å². The van der Waals surface area contributed by atoms with Gasteiger partial charge in [0, 0.05) is 13.1 Å². The summed E-state index contributed by atoms with van der Waals surface area (Å²) >= 11 is 0. The molecule has 0 radical (unpaired) electrons. The van der Waals surface area contributed by atoms with Gasteiger partial charge in [-0.3, -0.25) is 4.79 Å². The predicted octanol–water partition coefficient (Wildman–Crippen LogP) is 0.519. The lowest BCUT2D eigenvalue weighted by atomic mass is 9.94. The van der Waals surface area contributed by atoms with Crippen molar-refractivity contribution in [2.45, 2.75) is 32.8 Å². The Balaban J connectivity index is 2.71. The molecule has 0 spiro atoms. The topological polar surface area (TPSA) is 64.3 Å². The number of hydrogen-bond donors (Lipinski definition) is 1. The van der Waals surface area contributed by atoms with Crippen molar-refractivity contribution < 1.29 is 9.90 Å². The van der Waals surface area contributed by atoms with Gasteiger partial charge >= 0.3 is 0 Å². The van der Waals surface area contributed by atoms with E-state index in [2.05, 4.69) is 0 Å². The van der Waals surface area contributed by atoms with Crippen LogP contribution in [0.4, 0.5) is 0 Å². The first-order chi connectivity index (χ1) is 6.28. The molecular weight excluding hydrogens is 180 g/mol. The van der Waals surface area contributed by atoms with Crippen LogP contribution in [0, 0.1) is 16.7 Å². The highest BCUT2D eigenvalue weighted by atomic mass is 16.3. The summed E-state index contributed by atoms with van der Waals surface area (Å²) in [5.74, 6) is -0.197. The van der Waals surface area contributed by atoms with Gasteiger partial charge in [0.1, 0.15) is 5.41 Å². The molecule has 1 rings (SSSR count). The molecular formula is C10H16N2O2. The van der Waals surface area contributed by atoms with Crippen LogP contribution < -0.4 is 0 Å². The quantitative estimate of drug-likeness (QED) is 0.665. The van der Waals surface area contributed by atoms with Crippen LogP contribution >= 0.6 is 0 Å². The van der Waals surface area contributed by atoms with Crippen LogP contribution in [0.15, 0.2) is 0 Å². The maximum atomic E-state index is 11.8. The Kier molecular flexibility index (Phi) is 2.55. The van der Waals surface area contributed by atoms with Gasteiger partial charge in [-0.2, -0.15) is 5.26 Å². The van der Waals surface area contributed by atoms with E-state index in [0.717, 1.165) is 0 Å². The standard InChI is InChI=1S/C10H16N2O2/c1-9(2,6-11)8(13)12-5-4-10(3,14)7-12/h14H,4-5,7H2,1-3H3. The molecule has 4 heteroatoms. The summed E-state index contributed by atoms with van der Waals surface area (Å²) in [5.41, 5.74) is -1.78. The Morgan fingerprint density at radius 2 is 2.21 bits per heavy atom. The van der Waals surface area contributed by atoms with Crippen molar-refractivity contribution in [2.24, 2.45) is 5.41 Å². The summed E-state index contributed by atoms with van der Waals surface area (Å²) in [6.45, 7) is 5.78. The second-order valence-electron chi connectivity index (χ2n) is 4.71. The third-order valence-corrected chi connectivity index (χ3v) is 2.55. The first kappa shape index (κ1) is 11.0. The fourth-order valence-corrected chi connectivity index (χ4v) is 1.56. The van der Waals surface area contributed by atoms with E-state index in [1.165, 1.54) is 0 Å². The lowest BCUT2D eigenvalue weighted by Crippen LogP contribution is -2.41. The number of β-amino-alcohol motifs (C(OH)–C–C–N with tert-alkyl or cyclic N) is 1. The first-order valence-electron chi connectivity index (χ1n) is 4.71. The molecule has 0 aliphatic carbocycles. The minimum Gasteiger partial charge on any atom is -0.388 e. The highest BCUT2D eigenvalue weighted by Crippen LogP contribution is 2.25. The van der Waals surface area contributed by atoms with Crippen molar-refractivity contribution in [2.75, 3.05) is 13.1 Å². The number of likely N-dealkylation sites (tertiary alicyclic amines) is 1. The van der Waals surface area contributed by atoms with Gasteiger partial charge in [0.05, 0.1) is 11.7 Å². The number of carbonyl (C=O) groups excluding carboxylic acids is 1. The molecule has 0 aromatic rings. The minimum absolute atomic E-state index is 0.197. The third kappa shape index (κ3) is 2.05. The highest BCUT2D eigenvalue weighted by molar-refractivity contribution is 5.84. The van der Waals surface area contributed by atoms with Gasteiger partial charge in [-0.1, -0.05) is 0 Å². The van der Waals surface area contributed by atoms with Crippen LogP contribution in [0.3, 0.4) is 0 Å². The molecule has 0 aromatic carbocycles. The van der Waals surface area contributed by atoms with E-state index in [1.54, 1.807) is 25.7 Å². The molecule has 1 fully saturated rings. The van der Waals surface area contributed by atoms with Crippen LogP contribution in [0.5, 0.6) is 0 Å². The van der Waals surface area contributed by atoms with E-state index in [9.17, 15) is 9.90 Å². The zero-order valence-corrected chi connectivity index (χ0v) is 8.87. The second kappa shape index (κ2) is 3.25. The molecule has 14 heavy (non-hydrogen) atoms. The molecule has 1 heterocycles. The second-order valence-corrected chi connectivity index (χ2v) is 4.71. The van der Waals surface area contributed by atoms with Crippen LogP contribution in [-0.4, -0.2) is 34.6 Å². The molecule has 1 aliphatic rings. The van der Waals surface area contributed by atoms with Crippen molar-refractivity contribution >= 4 is 5.91 Å². The van der Waals surface area contributed by atoms with Gasteiger partial charge in [-0.05, 0) is 27.2 Å². The van der Waals surface area contributed by atoms with E-state index >= 15 is 0 Å². The Morgan fingerprint density at radius 1 is 1.64 bits per heavy atom. The zero-order valence-electron chi connectivity index (χ0n) is 8.87. The number of amides is 1. The average Bonchev–Trinajstić information content (AvgIpc) is 2.44. The van der Waals surface area contributed by atoms with Crippen LogP contribution in [0.25, 0.3) is 0 Å². The molecule has 4 nitrogen and oxygen atoms in total. The third-order valence-electron chi connectivity index (χ3n) is 2.55. The molecule has 1 N–H and O–H groups in total. The largest absolute Gasteiger partial charge is 0.388 e. The van der Waals surface area contributed by atoms with Gasteiger partial charge in [0.25, 0.3) is 0 Å². The number of nitriles is 1. The fourth-order valence-electron chi connectivity index (χ4n) is 1.56. The van der Waals surface area contributed by atoms with Gasteiger partial charge in [-0.15, -0.1) is 0 Å². The maximum absolute atomic E-state index is 11.8. The van der Waals surface area contributed by atoms with E-state index in [4.69, 9.17) is 5.26 Å². The summed E-state index contributed by atoms with van der Waals surface area (Å²) in [7, 11) is 0.